The third-order valence-corrected chi connectivity index (χ3v) is 4.92. The van der Waals surface area contributed by atoms with E-state index in [4.69, 9.17) is 0 Å². The number of hydrogen-bond acceptors (Lipinski definition) is 4. The second-order valence-corrected chi connectivity index (χ2v) is 6.72. The summed E-state index contributed by atoms with van der Waals surface area (Å²) in [5.41, 5.74) is 2.59. The standard InChI is InChI=1S/C20H23N3O3/c1-15-6-2-3-7-16(15)14-22-12-10-17(11-13-22)21-20(24)18-8-4-5-9-19(18)23(25)26/h2-9,17H,10-14H2,1H3,(H,21,24). The maximum absolute atomic E-state index is 12.4. The van der Waals surface area contributed by atoms with Crippen LogP contribution in [0.15, 0.2) is 48.5 Å². The topological polar surface area (TPSA) is 75.5 Å². The van der Waals surface area contributed by atoms with E-state index in [-0.39, 0.29) is 23.2 Å². The normalized spacial score (nSPS) is 15.6. The minimum Gasteiger partial charge on any atom is -0.349 e. The average molecular weight is 353 g/mol. The van der Waals surface area contributed by atoms with Crippen molar-refractivity contribution in [1.29, 1.82) is 0 Å². The summed E-state index contributed by atoms with van der Waals surface area (Å²) in [5, 5.41) is 14.0. The summed E-state index contributed by atoms with van der Waals surface area (Å²) in [5.74, 6) is -0.366. The van der Waals surface area contributed by atoms with Gasteiger partial charge in [-0.05, 0) is 37.0 Å². The largest absolute Gasteiger partial charge is 0.349 e. The molecule has 0 bridgehead atoms. The Balaban J connectivity index is 1.55. The maximum atomic E-state index is 12.4. The monoisotopic (exact) mass is 353 g/mol. The Hall–Kier alpha value is -2.73. The van der Waals surface area contributed by atoms with Crippen molar-refractivity contribution in [3.05, 3.63) is 75.3 Å². The molecule has 0 aromatic heterocycles. The highest BCUT2D eigenvalue weighted by molar-refractivity contribution is 5.98. The van der Waals surface area contributed by atoms with E-state index in [1.165, 1.54) is 23.3 Å². The number of likely N-dealkylation sites (tertiary alicyclic amines) is 1. The minimum atomic E-state index is -0.514. The van der Waals surface area contributed by atoms with Gasteiger partial charge < -0.3 is 5.32 Å². The molecule has 6 heteroatoms. The number of nitrogens with zero attached hydrogens (tertiary/aromatic N) is 2. The van der Waals surface area contributed by atoms with Crippen LogP contribution in [-0.4, -0.2) is 34.9 Å². The predicted octanol–water partition coefficient (Wildman–Crippen LogP) is 3.30. The molecular formula is C20H23N3O3. The first kappa shape index (κ1) is 18.1. The van der Waals surface area contributed by atoms with E-state index >= 15 is 0 Å². The van der Waals surface area contributed by atoms with Crippen molar-refractivity contribution in [3.63, 3.8) is 0 Å². The maximum Gasteiger partial charge on any atom is 0.282 e. The van der Waals surface area contributed by atoms with Gasteiger partial charge in [0, 0.05) is 31.7 Å². The Morgan fingerprint density at radius 1 is 1.15 bits per heavy atom. The van der Waals surface area contributed by atoms with Crippen LogP contribution >= 0.6 is 0 Å². The van der Waals surface area contributed by atoms with Crippen molar-refractivity contribution in [2.24, 2.45) is 0 Å². The third-order valence-electron chi connectivity index (χ3n) is 4.92. The zero-order valence-corrected chi connectivity index (χ0v) is 14.9. The van der Waals surface area contributed by atoms with Gasteiger partial charge in [0.1, 0.15) is 5.56 Å². The van der Waals surface area contributed by atoms with Gasteiger partial charge in [-0.2, -0.15) is 0 Å². The molecule has 6 nitrogen and oxygen atoms in total. The van der Waals surface area contributed by atoms with Crippen molar-refractivity contribution in [2.75, 3.05) is 13.1 Å². The Morgan fingerprint density at radius 3 is 2.50 bits per heavy atom. The van der Waals surface area contributed by atoms with Crippen LogP contribution in [-0.2, 0) is 6.54 Å². The van der Waals surface area contributed by atoms with Crippen LogP contribution in [0, 0.1) is 17.0 Å². The van der Waals surface area contributed by atoms with Gasteiger partial charge in [0.2, 0.25) is 0 Å². The van der Waals surface area contributed by atoms with E-state index in [1.54, 1.807) is 12.1 Å². The molecule has 0 atom stereocenters. The molecule has 1 heterocycles. The van der Waals surface area contributed by atoms with Gasteiger partial charge in [0.25, 0.3) is 11.6 Å². The van der Waals surface area contributed by atoms with E-state index in [2.05, 4.69) is 35.3 Å². The number of aryl methyl sites for hydroxylation is 1. The second-order valence-electron chi connectivity index (χ2n) is 6.72. The molecular weight excluding hydrogens is 330 g/mol. The Bertz CT molecular complexity index is 798. The SMILES string of the molecule is Cc1ccccc1CN1CCC(NC(=O)c2ccccc2[N+](=O)[O-])CC1. The summed E-state index contributed by atoms with van der Waals surface area (Å²) in [7, 11) is 0. The molecule has 26 heavy (non-hydrogen) atoms. The van der Waals surface area contributed by atoms with Crippen LogP contribution in [0.25, 0.3) is 0 Å². The Labute approximate surface area is 153 Å². The fourth-order valence-electron chi connectivity index (χ4n) is 3.35. The number of piperidine rings is 1. The minimum absolute atomic E-state index is 0.0513. The zero-order chi connectivity index (χ0) is 18.5. The van der Waals surface area contributed by atoms with Gasteiger partial charge in [0.05, 0.1) is 4.92 Å². The highest BCUT2D eigenvalue weighted by Gasteiger charge is 2.24. The number of para-hydroxylation sites is 1. The number of nitrogens with one attached hydrogen (secondary N) is 1. The second kappa shape index (κ2) is 8.10. The fourth-order valence-corrected chi connectivity index (χ4v) is 3.35. The molecule has 136 valence electrons. The van der Waals surface area contributed by atoms with E-state index in [9.17, 15) is 14.9 Å². The molecule has 2 aromatic carbocycles. The highest BCUT2D eigenvalue weighted by Crippen LogP contribution is 2.20. The molecule has 1 aliphatic rings. The first-order valence-electron chi connectivity index (χ1n) is 8.85. The molecule has 0 aliphatic carbocycles. The van der Waals surface area contributed by atoms with Crippen LogP contribution < -0.4 is 5.32 Å². The fraction of sp³-hybridized carbons (Fsp3) is 0.350. The van der Waals surface area contributed by atoms with Crippen molar-refractivity contribution in [1.82, 2.24) is 10.2 Å². The number of hydrogen-bond donors (Lipinski definition) is 1. The number of carbonyl (C=O) groups excluding carboxylic acids is 1. The van der Waals surface area contributed by atoms with Crippen molar-refractivity contribution < 1.29 is 9.72 Å². The van der Waals surface area contributed by atoms with Crippen LogP contribution in [0.1, 0.15) is 34.3 Å². The van der Waals surface area contributed by atoms with Crippen molar-refractivity contribution in [3.8, 4) is 0 Å². The van der Waals surface area contributed by atoms with E-state index in [1.807, 2.05) is 6.07 Å². The van der Waals surface area contributed by atoms with Gasteiger partial charge in [-0.25, -0.2) is 0 Å². The molecule has 3 rings (SSSR count). The van der Waals surface area contributed by atoms with Gasteiger partial charge in [-0.1, -0.05) is 36.4 Å². The molecule has 1 fully saturated rings. The number of amides is 1. The van der Waals surface area contributed by atoms with Crippen molar-refractivity contribution in [2.45, 2.75) is 32.4 Å². The molecule has 1 aliphatic heterocycles. The number of nitro groups is 1. The van der Waals surface area contributed by atoms with Gasteiger partial charge in [-0.15, -0.1) is 0 Å². The summed E-state index contributed by atoms with van der Waals surface area (Å²) in [6.07, 6.45) is 1.69. The zero-order valence-electron chi connectivity index (χ0n) is 14.9. The van der Waals surface area contributed by atoms with Gasteiger partial charge in [0.15, 0.2) is 0 Å². The van der Waals surface area contributed by atoms with Crippen LogP contribution in [0.3, 0.4) is 0 Å². The lowest BCUT2D eigenvalue weighted by molar-refractivity contribution is -0.385. The highest BCUT2D eigenvalue weighted by atomic mass is 16.6. The smallest absolute Gasteiger partial charge is 0.282 e. The first-order valence-corrected chi connectivity index (χ1v) is 8.85. The molecule has 0 radical (unpaired) electrons. The quantitative estimate of drug-likeness (QED) is 0.661. The molecule has 1 amide bonds. The lowest BCUT2D eigenvalue weighted by Crippen LogP contribution is -2.44. The average Bonchev–Trinajstić information content (AvgIpc) is 2.65. The van der Waals surface area contributed by atoms with Crippen molar-refractivity contribution >= 4 is 11.6 Å². The van der Waals surface area contributed by atoms with Gasteiger partial charge in [-0.3, -0.25) is 19.8 Å². The van der Waals surface area contributed by atoms with Crippen LogP contribution in [0.4, 0.5) is 5.69 Å². The Kier molecular flexibility index (Phi) is 5.63. The Morgan fingerprint density at radius 2 is 1.81 bits per heavy atom. The van der Waals surface area contributed by atoms with E-state index < -0.39 is 4.92 Å². The summed E-state index contributed by atoms with van der Waals surface area (Å²) in [6, 6.07) is 14.5. The molecule has 0 saturated carbocycles. The lowest BCUT2D eigenvalue weighted by Gasteiger charge is -2.32. The summed E-state index contributed by atoms with van der Waals surface area (Å²) in [6.45, 7) is 4.83. The number of carbonyl (C=O) groups is 1. The van der Waals surface area contributed by atoms with E-state index in [0.29, 0.717) is 0 Å². The summed E-state index contributed by atoms with van der Waals surface area (Å²) >= 11 is 0. The summed E-state index contributed by atoms with van der Waals surface area (Å²) < 4.78 is 0. The van der Waals surface area contributed by atoms with Crippen LogP contribution in [0.5, 0.6) is 0 Å². The predicted molar refractivity (Wildman–Crippen MR) is 100 cm³/mol. The van der Waals surface area contributed by atoms with E-state index in [0.717, 1.165) is 32.5 Å². The lowest BCUT2D eigenvalue weighted by atomic mass is 10.0. The third kappa shape index (κ3) is 4.26. The first-order chi connectivity index (χ1) is 12.5. The molecule has 0 unspecified atom stereocenters. The number of benzene rings is 2. The molecule has 1 N–H and O–H groups in total. The summed E-state index contributed by atoms with van der Waals surface area (Å²) in [4.78, 5) is 25.4. The number of nitro benzene ring substituents is 1. The molecule has 0 spiro atoms. The van der Waals surface area contributed by atoms with Gasteiger partial charge >= 0.3 is 0 Å². The molecule has 1 saturated heterocycles. The van der Waals surface area contributed by atoms with Crippen LogP contribution in [0.2, 0.25) is 0 Å². The number of rotatable bonds is 5. The molecule has 2 aromatic rings.